The molecule has 3 nitrogen and oxygen atoms in total. The highest BCUT2D eigenvalue weighted by atomic mass is 16.5. The highest BCUT2D eigenvalue weighted by Crippen LogP contribution is 2.31. The zero-order valence-electron chi connectivity index (χ0n) is 13.3. The molecule has 0 aliphatic carbocycles. The SMILES string of the molecule is CCc1ccc(N(C)c2ccc(N)c(OC(C)C)c2)cc1. The second-order valence-corrected chi connectivity index (χ2v) is 5.47. The van der Waals surface area contributed by atoms with E-state index in [2.05, 4.69) is 36.1 Å². The molecule has 0 heterocycles. The Hall–Kier alpha value is -2.16. The molecule has 2 aromatic rings. The maximum absolute atomic E-state index is 5.97. The van der Waals surface area contributed by atoms with Gasteiger partial charge in [0.15, 0.2) is 0 Å². The molecular formula is C18H24N2O. The van der Waals surface area contributed by atoms with Crippen LogP contribution in [0.3, 0.4) is 0 Å². The van der Waals surface area contributed by atoms with E-state index in [0.29, 0.717) is 5.69 Å². The average Bonchev–Trinajstić information content (AvgIpc) is 2.48. The van der Waals surface area contributed by atoms with Crippen molar-refractivity contribution < 1.29 is 4.74 Å². The molecule has 2 N–H and O–H groups in total. The van der Waals surface area contributed by atoms with Crippen molar-refractivity contribution in [2.75, 3.05) is 17.7 Å². The summed E-state index contributed by atoms with van der Waals surface area (Å²) in [4.78, 5) is 2.13. The first-order valence-electron chi connectivity index (χ1n) is 7.40. The van der Waals surface area contributed by atoms with Crippen LogP contribution < -0.4 is 15.4 Å². The Morgan fingerprint density at radius 2 is 1.67 bits per heavy atom. The van der Waals surface area contributed by atoms with Crippen LogP contribution >= 0.6 is 0 Å². The van der Waals surface area contributed by atoms with Crippen molar-refractivity contribution in [1.82, 2.24) is 0 Å². The molecule has 0 spiro atoms. The third-order valence-corrected chi connectivity index (χ3v) is 3.48. The van der Waals surface area contributed by atoms with Gasteiger partial charge in [0, 0.05) is 24.5 Å². The van der Waals surface area contributed by atoms with Gasteiger partial charge < -0.3 is 15.4 Å². The van der Waals surface area contributed by atoms with Gasteiger partial charge in [0.05, 0.1) is 11.8 Å². The van der Waals surface area contributed by atoms with Crippen LogP contribution in [0, 0.1) is 0 Å². The summed E-state index contributed by atoms with van der Waals surface area (Å²) in [6.07, 6.45) is 1.16. The number of ether oxygens (including phenoxy) is 1. The van der Waals surface area contributed by atoms with Gasteiger partial charge in [-0.25, -0.2) is 0 Å². The minimum atomic E-state index is 0.108. The van der Waals surface area contributed by atoms with E-state index in [9.17, 15) is 0 Å². The summed E-state index contributed by atoms with van der Waals surface area (Å²) in [6.45, 7) is 6.16. The summed E-state index contributed by atoms with van der Waals surface area (Å²) < 4.78 is 5.76. The summed E-state index contributed by atoms with van der Waals surface area (Å²) in [5.74, 6) is 0.736. The van der Waals surface area contributed by atoms with Crippen molar-refractivity contribution in [3.8, 4) is 5.75 Å². The zero-order chi connectivity index (χ0) is 15.4. The fourth-order valence-electron chi connectivity index (χ4n) is 2.19. The molecule has 0 atom stereocenters. The summed E-state index contributed by atoms with van der Waals surface area (Å²) in [5, 5.41) is 0. The van der Waals surface area contributed by atoms with Crippen LogP contribution in [0.15, 0.2) is 42.5 Å². The molecular weight excluding hydrogens is 260 g/mol. The largest absolute Gasteiger partial charge is 0.489 e. The maximum atomic E-state index is 5.97. The molecule has 0 radical (unpaired) electrons. The first-order valence-corrected chi connectivity index (χ1v) is 7.40. The number of anilines is 3. The Labute approximate surface area is 127 Å². The number of aryl methyl sites for hydroxylation is 1. The highest BCUT2D eigenvalue weighted by Gasteiger charge is 2.09. The summed E-state index contributed by atoms with van der Waals surface area (Å²) >= 11 is 0. The van der Waals surface area contributed by atoms with E-state index >= 15 is 0 Å². The van der Waals surface area contributed by atoms with Gasteiger partial charge >= 0.3 is 0 Å². The fraction of sp³-hybridized carbons (Fsp3) is 0.333. The maximum Gasteiger partial charge on any atom is 0.144 e. The molecule has 0 amide bonds. The number of benzene rings is 2. The molecule has 0 bridgehead atoms. The van der Waals surface area contributed by atoms with Crippen LogP contribution in [0.2, 0.25) is 0 Å². The van der Waals surface area contributed by atoms with E-state index in [0.717, 1.165) is 23.5 Å². The molecule has 0 aliphatic rings. The third kappa shape index (κ3) is 3.69. The standard InChI is InChI=1S/C18H24N2O/c1-5-14-6-8-15(9-7-14)20(4)16-10-11-17(19)18(12-16)21-13(2)3/h6-13H,5,19H2,1-4H3. The molecule has 112 valence electrons. The van der Waals surface area contributed by atoms with Crippen molar-refractivity contribution in [3.05, 3.63) is 48.0 Å². The second-order valence-electron chi connectivity index (χ2n) is 5.47. The third-order valence-electron chi connectivity index (χ3n) is 3.48. The minimum Gasteiger partial charge on any atom is -0.489 e. The predicted molar refractivity (Wildman–Crippen MR) is 90.5 cm³/mol. The van der Waals surface area contributed by atoms with E-state index in [4.69, 9.17) is 10.5 Å². The molecule has 0 saturated carbocycles. The van der Waals surface area contributed by atoms with Crippen LogP contribution in [0.25, 0.3) is 0 Å². The number of rotatable bonds is 5. The highest BCUT2D eigenvalue weighted by molar-refractivity contribution is 5.68. The van der Waals surface area contributed by atoms with Gasteiger partial charge in [0.1, 0.15) is 5.75 Å². The number of nitrogens with zero attached hydrogens (tertiary/aromatic N) is 1. The van der Waals surface area contributed by atoms with Gasteiger partial charge in [-0.2, -0.15) is 0 Å². The van der Waals surface area contributed by atoms with Crippen molar-refractivity contribution >= 4 is 17.1 Å². The van der Waals surface area contributed by atoms with E-state index in [1.54, 1.807) is 0 Å². The Kier molecular flexibility index (Phi) is 4.73. The van der Waals surface area contributed by atoms with Gasteiger partial charge in [0.25, 0.3) is 0 Å². The molecule has 0 unspecified atom stereocenters. The summed E-state index contributed by atoms with van der Waals surface area (Å²) in [5.41, 5.74) is 10.2. The normalized spacial score (nSPS) is 10.7. The van der Waals surface area contributed by atoms with Gasteiger partial charge in [-0.1, -0.05) is 19.1 Å². The smallest absolute Gasteiger partial charge is 0.144 e. The van der Waals surface area contributed by atoms with Crippen LogP contribution in [0.1, 0.15) is 26.3 Å². The van der Waals surface area contributed by atoms with Gasteiger partial charge in [-0.15, -0.1) is 0 Å². The lowest BCUT2D eigenvalue weighted by Crippen LogP contribution is -2.11. The topological polar surface area (TPSA) is 38.5 Å². The molecule has 2 rings (SSSR count). The van der Waals surface area contributed by atoms with Crippen molar-refractivity contribution in [1.29, 1.82) is 0 Å². The molecule has 3 heteroatoms. The van der Waals surface area contributed by atoms with Crippen LogP contribution in [-0.4, -0.2) is 13.2 Å². The Morgan fingerprint density at radius 1 is 1.05 bits per heavy atom. The quantitative estimate of drug-likeness (QED) is 0.828. The summed E-state index contributed by atoms with van der Waals surface area (Å²) in [7, 11) is 2.05. The molecule has 0 aliphatic heterocycles. The lowest BCUT2D eigenvalue weighted by atomic mass is 10.1. The van der Waals surface area contributed by atoms with E-state index in [1.807, 2.05) is 39.1 Å². The van der Waals surface area contributed by atoms with E-state index in [1.165, 1.54) is 5.56 Å². The predicted octanol–water partition coefficient (Wildman–Crippen LogP) is 4.39. The number of nitrogen functional groups attached to an aromatic ring is 1. The van der Waals surface area contributed by atoms with Crippen molar-refractivity contribution in [3.63, 3.8) is 0 Å². The second kappa shape index (κ2) is 6.53. The lowest BCUT2D eigenvalue weighted by molar-refractivity contribution is 0.244. The first-order chi connectivity index (χ1) is 10.0. The number of nitrogens with two attached hydrogens (primary N) is 1. The number of hydrogen-bond acceptors (Lipinski definition) is 3. The van der Waals surface area contributed by atoms with E-state index < -0.39 is 0 Å². The van der Waals surface area contributed by atoms with Crippen molar-refractivity contribution in [2.24, 2.45) is 0 Å². The average molecular weight is 284 g/mol. The van der Waals surface area contributed by atoms with Crippen LogP contribution in [-0.2, 0) is 6.42 Å². The molecule has 2 aromatic carbocycles. The molecule has 21 heavy (non-hydrogen) atoms. The Balaban J connectivity index is 2.27. The molecule has 0 fully saturated rings. The van der Waals surface area contributed by atoms with Crippen LogP contribution in [0.4, 0.5) is 17.1 Å². The van der Waals surface area contributed by atoms with Crippen LogP contribution in [0.5, 0.6) is 5.75 Å². The zero-order valence-corrected chi connectivity index (χ0v) is 13.3. The first kappa shape index (κ1) is 15.2. The van der Waals surface area contributed by atoms with E-state index in [-0.39, 0.29) is 6.10 Å². The van der Waals surface area contributed by atoms with Gasteiger partial charge in [-0.3, -0.25) is 0 Å². The monoisotopic (exact) mass is 284 g/mol. The molecule has 0 aromatic heterocycles. The molecule has 0 saturated heterocycles. The fourth-order valence-corrected chi connectivity index (χ4v) is 2.19. The Morgan fingerprint density at radius 3 is 2.24 bits per heavy atom. The number of hydrogen-bond donors (Lipinski definition) is 1. The minimum absolute atomic E-state index is 0.108. The lowest BCUT2D eigenvalue weighted by Gasteiger charge is -2.22. The summed E-state index contributed by atoms with van der Waals surface area (Å²) in [6, 6.07) is 14.5. The Bertz CT molecular complexity index is 591. The van der Waals surface area contributed by atoms with Gasteiger partial charge in [0.2, 0.25) is 0 Å². The van der Waals surface area contributed by atoms with Crippen molar-refractivity contribution in [2.45, 2.75) is 33.3 Å². The van der Waals surface area contributed by atoms with Gasteiger partial charge in [-0.05, 0) is 50.1 Å².